The van der Waals surface area contributed by atoms with Crippen LogP contribution in [0.4, 0.5) is 16.3 Å². The monoisotopic (exact) mass is 368 g/mol. The molecule has 142 valence electrons. The van der Waals surface area contributed by atoms with Gasteiger partial charge in [-0.15, -0.1) is 0 Å². The van der Waals surface area contributed by atoms with Crippen molar-refractivity contribution in [3.63, 3.8) is 0 Å². The van der Waals surface area contributed by atoms with Crippen molar-refractivity contribution < 1.29 is 9.53 Å². The molecule has 0 saturated heterocycles. The normalized spacial score (nSPS) is 10.8. The molecule has 4 N–H and O–H groups in total. The fourth-order valence-electron chi connectivity index (χ4n) is 3.04. The maximum absolute atomic E-state index is 12.1. The Bertz CT molecular complexity index is 996. The second kappa shape index (κ2) is 7.53. The molecule has 8 heteroatoms. The zero-order valence-electron chi connectivity index (χ0n) is 16.0. The molecule has 2 amide bonds. The Morgan fingerprint density at radius 3 is 2.78 bits per heavy atom. The van der Waals surface area contributed by atoms with E-state index in [1.807, 2.05) is 32.9 Å². The van der Waals surface area contributed by atoms with Crippen LogP contribution in [0.5, 0.6) is 5.75 Å². The summed E-state index contributed by atoms with van der Waals surface area (Å²) in [6, 6.07) is 6.92. The molecule has 2 aromatic heterocycles. The molecule has 0 radical (unpaired) electrons. The van der Waals surface area contributed by atoms with Crippen LogP contribution in [-0.4, -0.2) is 34.2 Å². The van der Waals surface area contributed by atoms with Gasteiger partial charge in [-0.05, 0) is 38.5 Å². The summed E-state index contributed by atoms with van der Waals surface area (Å²) in [7, 11) is 1.59. The molecule has 0 unspecified atom stereocenters. The number of urea groups is 1. The highest BCUT2D eigenvalue weighted by Gasteiger charge is 2.15. The van der Waals surface area contributed by atoms with E-state index < -0.39 is 0 Å². The summed E-state index contributed by atoms with van der Waals surface area (Å²) in [5, 5.41) is 5.65. The van der Waals surface area contributed by atoms with E-state index in [-0.39, 0.29) is 6.03 Å². The number of pyridine rings is 1. The van der Waals surface area contributed by atoms with Crippen molar-refractivity contribution in [1.82, 2.24) is 19.9 Å². The molecule has 0 fully saturated rings. The summed E-state index contributed by atoms with van der Waals surface area (Å²) in [5.41, 5.74) is 10.3. The standard InChI is InChI=1S/C19H24N6O2/c1-11-12(2)22-18(20)16-17(11)25(13(3)23-16)9-8-21-19(26)24-14-6-5-7-15(10-14)27-4/h5-7,10H,8-9H2,1-4H3,(H2,20,22)(H2,21,24,26). The molecule has 0 aliphatic carbocycles. The largest absolute Gasteiger partial charge is 0.497 e. The van der Waals surface area contributed by atoms with Crippen molar-refractivity contribution >= 4 is 28.6 Å². The highest BCUT2D eigenvalue weighted by Crippen LogP contribution is 2.25. The Balaban J connectivity index is 1.68. The van der Waals surface area contributed by atoms with Crippen LogP contribution in [0, 0.1) is 20.8 Å². The van der Waals surface area contributed by atoms with Gasteiger partial charge in [0.25, 0.3) is 0 Å². The Labute approximate surface area is 157 Å². The molecule has 0 saturated carbocycles. The Morgan fingerprint density at radius 1 is 1.26 bits per heavy atom. The van der Waals surface area contributed by atoms with Gasteiger partial charge in [-0.1, -0.05) is 6.07 Å². The third kappa shape index (κ3) is 3.79. The van der Waals surface area contributed by atoms with Crippen molar-refractivity contribution in [2.24, 2.45) is 0 Å². The average Bonchev–Trinajstić information content (AvgIpc) is 2.97. The van der Waals surface area contributed by atoms with Crippen LogP contribution in [0.15, 0.2) is 24.3 Å². The maximum atomic E-state index is 12.1. The topological polar surface area (TPSA) is 107 Å². The number of nitrogens with two attached hydrogens (primary N) is 1. The molecule has 0 aliphatic heterocycles. The number of hydrogen-bond donors (Lipinski definition) is 3. The van der Waals surface area contributed by atoms with Crippen LogP contribution in [0.2, 0.25) is 0 Å². The number of anilines is 2. The number of fused-ring (bicyclic) bond motifs is 1. The molecule has 0 atom stereocenters. The predicted octanol–water partition coefficient (Wildman–Crippen LogP) is 2.77. The number of methoxy groups -OCH3 is 1. The average molecular weight is 368 g/mol. The maximum Gasteiger partial charge on any atom is 0.319 e. The fourth-order valence-corrected chi connectivity index (χ4v) is 3.04. The number of nitrogens with zero attached hydrogens (tertiary/aromatic N) is 3. The predicted molar refractivity (Wildman–Crippen MR) is 106 cm³/mol. The number of amides is 2. The van der Waals surface area contributed by atoms with Gasteiger partial charge in [-0.25, -0.2) is 14.8 Å². The Kier molecular flexibility index (Phi) is 5.16. The van der Waals surface area contributed by atoms with E-state index in [1.54, 1.807) is 19.2 Å². The number of nitrogens with one attached hydrogen (secondary N) is 2. The zero-order valence-corrected chi connectivity index (χ0v) is 16.0. The quantitative estimate of drug-likeness (QED) is 0.642. The molecule has 3 aromatic rings. The second-order valence-corrected chi connectivity index (χ2v) is 6.33. The number of rotatable bonds is 5. The van der Waals surface area contributed by atoms with Gasteiger partial charge in [0.15, 0.2) is 5.82 Å². The molecule has 0 spiro atoms. The molecule has 3 rings (SSSR count). The number of imidazole rings is 1. The number of aryl methyl sites for hydroxylation is 3. The van der Waals surface area contributed by atoms with E-state index in [2.05, 4.69) is 25.2 Å². The number of carbonyl (C=O) groups excluding carboxylic acids is 1. The van der Waals surface area contributed by atoms with Crippen molar-refractivity contribution in [2.45, 2.75) is 27.3 Å². The Hall–Kier alpha value is -3.29. The molecule has 0 bridgehead atoms. The lowest BCUT2D eigenvalue weighted by Crippen LogP contribution is -2.31. The smallest absolute Gasteiger partial charge is 0.319 e. The van der Waals surface area contributed by atoms with Crippen LogP contribution in [0.1, 0.15) is 17.1 Å². The number of aromatic nitrogens is 3. The molecule has 27 heavy (non-hydrogen) atoms. The summed E-state index contributed by atoms with van der Waals surface area (Å²) in [5.74, 6) is 1.95. The van der Waals surface area contributed by atoms with E-state index in [4.69, 9.17) is 10.5 Å². The first-order valence-corrected chi connectivity index (χ1v) is 8.69. The van der Waals surface area contributed by atoms with Crippen LogP contribution in [0.3, 0.4) is 0 Å². The first kappa shape index (κ1) is 18.5. The lowest BCUT2D eigenvalue weighted by atomic mass is 10.2. The molecule has 8 nitrogen and oxygen atoms in total. The van der Waals surface area contributed by atoms with Gasteiger partial charge in [0.2, 0.25) is 0 Å². The second-order valence-electron chi connectivity index (χ2n) is 6.33. The SMILES string of the molecule is COc1cccc(NC(=O)NCCn2c(C)nc3c(N)nc(C)c(C)c32)c1. The van der Waals surface area contributed by atoms with Gasteiger partial charge in [0, 0.05) is 30.5 Å². The van der Waals surface area contributed by atoms with Gasteiger partial charge in [-0.3, -0.25) is 0 Å². The van der Waals surface area contributed by atoms with Crippen molar-refractivity contribution in [3.05, 3.63) is 41.3 Å². The van der Waals surface area contributed by atoms with Crippen molar-refractivity contribution in [2.75, 3.05) is 24.7 Å². The van der Waals surface area contributed by atoms with E-state index in [9.17, 15) is 4.79 Å². The number of nitrogen functional groups attached to an aromatic ring is 1. The van der Waals surface area contributed by atoms with E-state index in [0.29, 0.717) is 35.9 Å². The number of benzene rings is 1. The van der Waals surface area contributed by atoms with Crippen LogP contribution in [-0.2, 0) is 6.54 Å². The Morgan fingerprint density at radius 2 is 2.04 bits per heavy atom. The van der Waals surface area contributed by atoms with Gasteiger partial charge in [0.05, 0.1) is 12.6 Å². The lowest BCUT2D eigenvalue weighted by Gasteiger charge is -2.12. The summed E-state index contributed by atoms with van der Waals surface area (Å²) >= 11 is 0. The third-order valence-electron chi connectivity index (χ3n) is 4.54. The minimum atomic E-state index is -0.278. The van der Waals surface area contributed by atoms with E-state index in [0.717, 1.165) is 22.6 Å². The summed E-state index contributed by atoms with van der Waals surface area (Å²) < 4.78 is 7.21. The van der Waals surface area contributed by atoms with Crippen LogP contribution < -0.4 is 21.1 Å². The zero-order chi connectivity index (χ0) is 19.6. The molecule has 2 heterocycles. The fraction of sp³-hybridized carbons (Fsp3) is 0.316. The number of carbonyl (C=O) groups is 1. The minimum absolute atomic E-state index is 0.278. The third-order valence-corrected chi connectivity index (χ3v) is 4.54. The van der Waals surface area contributed by atoms with Crippen LogP contribution in [0.25, 0.3) is 11.0 Å². The van der Waals surface area contributed by atoms with Gasteiger partial charge in [-0.2, -0.15) is 0 Å². The first-order chi connectivity index (χ1) is 12.9. The molecule has 1 aromatic carbocycles. The molecular weight excluding hydrogens is 344 g/mol. The first-order valence-electron chi connectivity index (χ1n) is 8.69. The van der Waals surface area contributed by atoms with Crippen molar-refractivity contribution in [1.29, 1.82) is 0 Å². The highest BCUT2D eigenvalue weighted by atomic mass is 16.5. The minimum Gasteiger partial charge on any atom is -0.497 e. The molecule has 0 aliphatic rings. The van der Waals surface area contributed by atoms with E-state index in [1.165, 1.54) is 0 Å². The number of hydrogen-bond acceptors (Lipinski definition) is 5. The van der Waals surface area contributed by atoms with Gasteiger partial charge in [0.1, 0.15) is 17.1 Å². The van der Waals surface area contributed by atoms with Gasteiger partial charge < -0.3 is 25.7 Å². The summed E-state index contributed by atoms with van der Waals surface area (Å²) in [4.78, 5) is 21.0. The summed E-state index contributed by atoms with van der Waals surface area (Å²) in [6.07, 6.45) is 0. The van der Waals surface area contributed by atoms with Gasteiger partial charge >= 0.3 is 6.03 Å². The lowest BCUT2D eigenvalue weighted by molar-refractivity contribution is 0.251. The number of ether oxygens (including phenoxy) is 1. The molecular formula is C19H24N6O2. The highest BCUT2D eigenvalue weighted by molar-refractivity contribution is 5.90. The van der Waals surface area contributed by atoms with Crippen LogP contribution >= 0.6 is 0 Å². The summed E-state index contributed by atoms with van der Waals surface area (Å²) in [6.45, 7) is 6.88. The van der Waals surface area contributed by atoms with E-state index >= 15 is 0 Å². The van der Waals surface area contributed by atoms with Crippen molar-refractivity contribution in [3.8, 4) is 5.75 Å².